The van der Waals surface area contributed by atoms with Gasteiger partial charge in [-0.05, 0) is 24.8 Å². The van der Waals surface area contributed by atoms with Crippen molar-refractivity contribution in [3.8, 4) is 0 Å². The molecule has 1 atom stereocenters. The molecule has 1 amide bonds. The van der Waals surface area contributed by atoms with E-state index >= 15 is 0 Å². The molecule has 1 fully saturated rings. The van der Waals surface area contributed by atoms with Crippen LogP contribution in [0.3, 0.4) is 0 Å². The highest BCUT2D eigenvalue weighted by molar-refractivity contribution is 5.85. The second kappa shape index (κ2) is 8.98. The maximum Gasteiger partial charge on any atom is 0.237 e. The van der Waals surface area contributed by atoms with Crippen molar-refractivity contribution in [2.45, 2.75) is 57.0 Å². The van der Waals surface area contributed by atoms with Crippen molar-refractivity contribution >= 4 is 18.3 Å². The number of halogens is 1. The highest BCUT2D eigenvalue weighted by Gasteiger charge is 2.19. The summed E-state index contributed by atoms with van der Waals surface area (Å²) in [5.41, 5.74) is 7.11. The van der Waals surface area contributed by atoms with E-state index in [1.807, 2.05) is 30.3 Å². The largest absolute Gasteiger partial charge is 0.352 e. The van der Waals surface area contributed by atoms with Crippen molar-refractivity contribution in [3.63, 3.8) is 0 Å². The first-order chi connectivity index (χ1) is 9.25. The Balaban J connectivity index is 0.00000200. The summed E-state index contributed by atoms with van der Waals surface area (Å²) in [5.74, 6) is -0.00393. The Morgan fingerprint density at radius 3 is 2.35 bits per heavy atom. The van der Waals surface area contributed by atoms with Crippen molar-refractivity contribution in [1.29, 1.82) is 0 Å². The summed E-state index contributed by atoms with van der Waals surface area (Å²) in [7, 11) is 0. The molecule has 0 aromatic heterocycles. The average molecular weight is 297 g/mol. The van der Waals surface area contributed by atoms with Crippen molar-refractivity contribution in [1.82, 2.24) is 5.32 Å². The highest BCUT2D eigenvalue weighted by Crippen LogP contribution is 2.17. The monoisotopic (exact) mass is 296 g/mol. The van der Waals surface area contributed by atoms with Gasteiger partial charge in [-0.1, -0.05) is 56.0 Å². The third-order valence-electron chi connectivity index (χ3n) is 3.84. The topological polar surface area (TPSA) is 55.1 Å². The van der Waals surface area contributed by atoms with Crippen LogP contribution in [0.25, 0.3) is 0 Å². The van der Waals surface area contributed by atoms with Crippen LogP contribution in [0.5, 0.6) is 0 Å². The fourth-order valence-corrected chi connectivity index (χ4v) is 2.69. The molecule has 0 heterocycles. The molecule has 112 valence electrons. The number of hydrogen-bond donors (Lipinski definition) is 2. The van der Waals surface area contributed by atoms with Gasteiger partial charge in [-0.25, -0.2) is 0 Å². The van der Waals surface area contributed by atoms with Crippen LogP contribution in [0.1, 0.15) is 44.1 Å². The lowest BCUT2D eigenvalue weighted by Crippen LogP contribution is -2.46. The molecule has 0 saturated heterocycles. The normalized spacial score (nSPS) is 17.6. The Morgan fingerprint density at radius 2 is 1.75 bits per heavy atom. The van der Waals surface area contributed by atoms with Gasteiger partial charge in [0, 0.05) is 6.04 Å². The Bertz CT molecular complexity index is 389. The number of nitrogens with one attached hydrogen (secondary N) is 1. The van der Waals surface area contributed by atoms with Gasteiger partial charge in [-0.2, -0.15) is 0 Å². The zero-order valence-electron chi connectivity index (χ0n) is 11.9. The molecule has 3 nitrogen and oxygen atoms in total. The van der Waals surface area contributed by atoms with Gasteiger partial charge in [-0.3, -0.25) is 4.79 Å². The lowest BCUT2D eigenvalue weighted by molar-refractivity contribution is -0.123. The molecule has 1 unspecified atom stereocenters. The summed E-state index contributed by atoms with van der Waals surface area (Å²) in [5, 5.41) is 3.11. The van der Waals surface area contributed by atoms with Gasteiger partial charge in [0.1, 0.15) is 0 Å². The minimum Gasteiger partial charge on any atom is -0.352 e. The predicted molar refractivity (Wildman–Crippen MR) is 85.0 cm³/mol. The van der Waals surface area contributed by atoms with E-state index in [9.17, 15) is 4.79 Å². The summed E-state index contributed by atoms with van der Waals surface area (Å²) in [6.45, 7) is 0. The van der Waals surface area contributed by atoms with E-state index in [2.05, 4.69) is 5.32 Å². The van der Waals surface area contributed by atoms with Crippen LogP contribution < -0.4 is 11.1 Å². The third-order valence-corrected chi connectivity index (χ3v) is 3.84. The number of nitrogens with two attached hydrogens (primary N) is 1. The number of hydrogen-bond acceptors (Lipinski definition) is 2. The first kappa shape index (κ1) is 17.0. The highest BCUT2D eigenvalue weighted by atomic mass is 35.5. The quantitative estimate of drug-likeness (QED) is 0.840. The van der Waals surface area contributed by atoms with E-state index in [-0.39, 0.29) is 18.3 Å². The standard InChI is InChI=1S/C16H24N2O.ClH/c17-15(12-13-8-4-3-5-9-13)16(19)18-14-10-6-1-2-7-11-14;/h3-5,8-9,14-15H,1-2,6-7,10-12,17H2,(H,18,19);1H. The molecule has 1 aliphatic carbocycles. The van der Waals surface area contributed by atoms with Crippen molar-refractivity contribution < 1.29 is 4.79 Å². The molecule has 0 spiro atoms. The fourth-order valence-electron chi connectivity index (χ4n) is 2.69. The molecule has 0 aliphatic heterocycles. The summed E-state index contributed by atoms with van der Waals surface area (Å²) < 4.78 is 0. The summed E-state index contributed by atoms with van der Waals surface area (Å²) in [4.78, 5) is 12.1. The molecule has 2 rings (SSSR count). The van der Waals surface area contributed by atoms with Gasteiger partial charge in [0.25, 0.3) is 0 Å². The van der Waals surface area contributed by atoms with Crippen LogP contribution in [0.15, 0.2) is 30.3 Å². The van der Waals surface area contributed by atoms with E-state index < -0.39 is 6.04 Å². The second-order valence-corrected chi connectivity index (χ2v) is 5.49. The number of carbonyl (C=O) groups excluding carboxylic acids is 1. The van der Waals surface area contributed by atoms with Crippen molar-refractivity contribution in [3.05, 3.63) is 35.9 Å². The number of carbonyl (C=O) groups is 1. The Morgan fingerprint density at radius 1 is 1.15 bits per heavy atom. The van der Waals surface area contributed by atoms with Gasteiger partial charge >= 0.3 is 0 Å². The van der Waals surface area contributed by atoms with Crippen LogP contribution in [0.4, 0.5) is 0 Å². The lowest BCUT2D eigenvalue weighted by Gasteiger charge is -2.19. The molecule has 1 aromatic rings. The molecular formula is C16H25ClN2O. The molecule has 3 N–H and O–H groups in total. The predicted octanol–water partition coefficient (Wildman–Crippen LogP) is 2.82. The molecule has 1 saturated carbocycles. The van der Waals surface area contributed by atoms with Gasteiger partial charge in [-0.15, -0.1) is 12.4 Å². The van der Waals surface area contributed by atoms with Crippen LogP contribution in [0.2, 0.25) is 0 Å². The Labute approximate surface area is 127 Å². The molecule has 20 heavy (non-hydrogen) atoms. The lowest BCUT2D eigenvalue weighted by atomic mass is 10.0. The van der Waals surface area contributed by atoms with Gasteiger partial charge < -0.3 is 11.1 Å². The number of amides is 1. The molecule has 4 heteroatoms. The van der Waals surface area contributed by atoms with Gasteiger partial charge in [0.05, 0.1) is 6.04 Å². The van der Waals surface area contributed by atoms with Gasteiger partial charge in [0.15, 0.2) is 0 Å². The van der Waals surface area contributed by atoms with E-state index in [1.54, 1.807) is 0 Å². The average Bonchev–Trinajstić information content (AvgIpc) is 2.68. The minimum atomic E-state index is -0.439. The van der Waals surface area contributed by atoms with Crippen LogP contribution >= 0.6 is 12.4 Å². The van der Waals surface area contributed by atoms with Crippen molar-refractivity contribution in [2.24, 2.45) is 5.73 Å². The molecule has 0 radical (unpaired) electrons. The molecule has 0 bridgehead atoms. The zero-order chi connectivity index (χ0) is 13.5. The smallest absolute Gasteiger partial charge is 0.237 e. The van der Waals surface area contributed by atoms with Crippen molar-refractivity contribution in [2.75, 3.05) is 0 Å². The Kier molecular flexibility index (Phi) is 7.63. The van der Waals surface area contributed by atoms with E-state index in [0.717, 1.165) is 18.4 Å². The molecular weight excluding hydrogens is 272 g/mol. The zero-order valence-corrected chi connectivity index (χ0v) is 12.7. The van der Waals surface area contributed by atoms with Crippen LogP contribution in [0, 0.1) is 0 Å². The maximum atomic E-state index is 12.1. The first-order valence-corrected chi connectivity index (χ1v) is 7.35. The molecule has 1 aromatic carbocycles. The summed E-state index contributed by atoms with van der Waals surface area (Å²) >= 11 is 0. The molecule has 1 aliphatic rings. The van der Waals surface area contributed by atoms with Gasteiger partial charge in [0.2, 0.25) is 5.91 Å². The number of rotatable bonds is 4. The van der Waals surface area contributed by atoms with Crippen LogP contribution in [-0.2, 0) is 11.2 Å². The Hall–Kier alpha value is -1.06. The first-order valence-electron chi connectivity index (χ1n) is 7.35. The maximum absolute atomic E-state index is 12.1. The second-order valence-electron chi connectivity index (χ2n) is 5.49. The number of benzene rings is 1. The third kappa shape index (κ3) is 5.51. The minimum absolute atomic E-state index is 0. The summed E-state index contributed by atoms with van der Waals surface area (Å²) in [6, 6.07) is 9.84. The summed E-state index contributed by atoms with van der Waals surface area (Å²) in [6.07, 6.45) is 7.84. The van der Waals surface area contributed by atoms with E-state index in [4.69, 9.17) is 5.73 Å². The SMILES string of the molecule is Cl.NC(Cc1ccccc1)C(=O)NC1CCCCCC1. The van der Waals surface area contributed by atoms with E-state index in [0.29, 0.717) is 12.5 Å². The van der Waals surface area contributed by atoms with Crippen LogP contribution in [-0.4, -0.2) is 18.0 Å². The fraction of sp³-hybridized carbons (Fsp3) is 0.562. The van der Waals surface area contributed by atoms with E-state index in [1.165, 1.54) is 25.7 Å².